The van der Waals surface area contributed by atoms with E-state index in [4.69, 9.17) is 5.73 Å². The highest BCUT2D eigenvalue weighted by atomic mass is 19.4. The van der Waals surface area contributed by atoms with Crippen LogP contribution in [0.1, 0.15) is 50.7 Å². The van der Waals surface area contributed by atoms with Gasteiger partial charge in [0.15, 0.2) is 0 Å². The summed E-state index contributed by atoms with van der Waals surface area (Å²) in [5, 5.41) is 0. The zero-order chi connectivity index (χ0) is 15.2. The lowest BCUT2D eigenvalue weighted by atomic mass is 9.88. The fourth-order valence-corrected chi connectivity index (χ4v) is 2.50. The van der Waals surface area contributed by atoms with Crippen molar-refractivity contribution in [2.24, 2.45) is 11.7 Å². The topological polar surface area (TPSA) is 26.0 Å². The third-order valence-electron chi connectivity index (χ3n) is 3.78. The Labute approximate surface area is 119 Å². The van der Waals surface area contributed by atoms with Crippen molar-refractivity contribution in [3.8, 4) is 0 Å². The van der Waals surface area contributed by atoms with Crippen molar-refractivity contribution in [3.63, 3.8) is 0 Å². The van der Waals surface area contributed by atoms with Crippen LogP contribution in [-0.2, 0) is 12.6 Å². The van der Waals surface area contributed by atoms with Gasteiger partial charge in [0.25, 0.3) is 0 Å². The van der Waals surface area contributed by atoms with E-state index in [1.807, 2.05) is 0 Å². The molecule has 1 aromatic rings. The Kier molecular flexibility index (Phi) is 6.53. The van der Waals surface area contributed by atoms with Gasteiger partial charge < -0.3 is 5.73 Å². The lowest BCUT2D eigenvalue weighted by Crippen LogP contribution is -2.32. The molecule has 0 saturated heterocycles. The lowest BCUT2D eigenvalue weighted by Gasteiger charge is -2.23. The Morgan fingerprint density at radius 3 is 2.45 bits per heavy atom. The van der Waals surface area contributed by atoms with Crippen LogP contribution in [0.4, 0.5) is 13.2 Å². The van der Waals surface area contributed by atoms with E-state index >= 15 is 0 Å². The molecule has 1 nitrogen and oxygen atoms in total. The first-order valence-corrected chi connectivity index (χ1v) is 7.30. The van der Waals surface area contributed by atoms with Crippen LogP contribution in [0.2, 0.25) is 0 Å². The van der Waals surface area contributed by atoms with E-state index in [2.05, 4.69) is 13.8 Å². The summed E-state index contributed by atoms with van der Waals surface area (Å²) in [5.41, 5.74) is 6.25. The first kappa shape index (κ1) is 17.0. The van der Waals surface area contributed by atoms with E-state index in [1.54, 1.807) is 6.07 Å². The number of nitrogens with two attached hydrogens (primary N) is 1. The highest BCUT2D eigenvalue weighted by Crippen LogP contribution is 2.30. The average molecular weight is 287 g/mol. The highest BCUT2D eigenvalue weighted by molar-refractivity contribution is 5.26. The molecule has 0 amide bonds. The van der Waals surface area contributed by atoms with Gasteiger partial charge in [0.05, 0.1) is 5.56 Å². The van der Waals surface area contributed by atoms with Gasteiger partial charge in [-0.15, -0.1) is 0 Å². The highest BCUT2D eigenvalue weighted by Gasteiger charge is 2.30. The molecule has 4 heteroatoms. The predicted molar refractivity (Wildman–Crippen MR) is 76.4 cm³/mol. The van der Waals surface area contributed by atoms with Gasteiger partial charge in [-0.25, -0.2) is 0 Å². The van der Waals surface area contributed by atoms with Crippen LogP contribution in [-0.4, -0.2) is 6.04 Å². The monoisotopic (exact) mass is 287 g/mol. The van der Waals surface area contributed by atoms with E-state index in [9.17, 15) is 13.2 Å². The van der Waals surface area contributed by atoms with E-state index in [0.29, 0.717) is 17.9 Å². The number of alkyl halides is 3. The lowest BCUT2D eigenvalue weighted by molar-refractivity contribution is -0.137. The molecule has 0 radical (unpaired) electrons. The van der Waals surface area contributed by atoms with Gasteiger partial charge in [-0.1, -0.05) is 51.3 Å². The van der Waals surface area contributed by atoms with Crippen LogP contribution < -0.4 is 5.73 Å². The van der Waals surface area contributed by atoms with Crippen LogP contribution in [0.5, 0.6) is 0 Å². The maximum atomic E-state index is 12.7. The maximum Gasteiger partial charge on any atom is 0.416 e. The summed E-state index contributed by atoms with van der Waals surface area (Å²) in [6, 6.07) is 5.42. The van der Waals surface area contributed by atoms with Crippen LogP contribution in [0, 0.1) is 5.92 Å². The van der Waals surface area contributed by atoms with E-state index < -0.39 is 11.7 Å². The van der Waals surface area contributed by atoms with Crippen molar-refractivity contribution in [3.05, 3.63) is 35.4 Å². The Bertz CT molecular complexity index is 401. The molecule has 2 N–H and O–H groups in total. The molecule has 0 saturated carbocycles. The standard InChI is InChI=1S/C16H24F3N/c1-3-5-8-13(4-2)15(20)11-12-7-6-9-14(10-12)16(17,18)19/h6-7,9-10,13,15H,3-5,8,11,20H2,1-2H3. The molecular weight excluding hydrogens is 263 g/mol. The number of halogens is 3. The second-order valence-corrected chi connectivity index (χ2v) is 5.38. The van der Waals surface area contributed by atoms with Gasteiger partial charge >= 0.3 is 6.18 Å². The summed E-state index contributed by atoms with van der Waals surface area (Å²) in [6.45, 7) is 4.22. The van der Waals surface area contributed by atoms with E-state index in [0.717, 1.165) is 31.7 Å². The summed E-state index contributed by atoms with van der Waals surface area (Å²) >= 11 is 0. The number of hydrogen-bond acceptors (Lipinski definition) is 1. The van der Waals surface area contributed by atoms with Gasteiger partial charge in [0.1, 0.15) is 0 Å². The van der Waals surface area contributed by atoms with Crippen molar-refractivity contribution in [2.75, 3.05) is 0 Å². The molecule has 20 heavy (non-hydrogen) atoms. The molecule has 1 rings (SSSR count). The number of benzene rings is 1. The van der Waals surface area contributed by atoms with Gasteiger partial charge in [0, 0.05) is 6.04 Å². The van der Waals surface area contributed by atoms with Crippen LogP contribution >= 0.6 is 0 Å². The minimum Gasteiger partial charge on any atom is -0.327 e. The molecule has 2 atom stereocenters. The molecule has 0 aliphatic carbocycles. The molecule has 0 heterocycles. The second kappa shape index (κ2) is 7.67. The van der Waals surface area contributed by atoms with Crippen molar-refractivity contribution >= 4 is 0 Å². The largest absolute Gasteiger partial charge is 0.416 e. The third kappa shape index (κ3) is 5.16. The quantitative estimate of drug-likeness (QED) is 0.766. The Morgan fingerprint density at radius 2 is 1.90 bits per heavy atom. The number of unbranched alkanes of at least 4 members (excludes halogenated alkanes) is 1. The summed E-state index contributed by atoms with van der Waals surface area (Å²) in [4.78, 5) is 0. The Hall–Kier alpha value is -1.03. The predicted octanol–water partition coefficient (Wildman–Crippen LogP) is 4.79. The average Bonchev–Trinajstić information content (AvgIpc) is 2.39. The van der Waals surface area contributed by atoms with Gasteiger partial charge in [-0.05, 0) is 30.4 Å². The van der Waals surface area contributed by atoms with Crippen LogP contribution in [0.15, 0.2) is 24.3 Å². The van der Waals surface area contributed by atoms with Crippen molar-refractivity contribution in [1.29, 1.82) is 0 Å². The molecule has 0 spiro atoms. The van der Waals surface area contributed by atoms with Crippen molar-refractivity contribution in [2.45, 2.75) is 58.2 Å². The molecule has 0 fully saturated rings. The number of rotatable bonds is 7. The fraction of sp³-hybridized carbons (Fsp3) is 0.625. The Morgan fingerprint density at radius 1 is 1.20 bits per heavy atom. The minimum atomic E-state index is -4.29. The smallest absolute Gasteiger partial charge is 0.327 e. The summed E-state index contributed by atoms with van der Waals surface area (Å²) < 4.78 is 38.0. The molecule has 1 aromatic carbocycles. The zero-order valence-electron chi connectivity index (χ0n) is 12.2. The van der Waals surface area contributed by atoms with Crippen molar-refractivity contribution in [1.82, 2.24) is 0 Å². The van der Waals surface area contributed by atoms with E-state index in [-0.39, 0.29) is 6.04 Å². The zero-order valence-corrected chi connectivity index (χ0v) is 12.2. The van der Waals surface area contributed by atoms with Crippen molar-refractivity contribution < 1.29 is 13.2 Å². The first-order valence-electron chi connectivity index (χ1n) is 7.30. The fourth-order valence-electron chi connectivity index (χ4n) is 2.50. The van der Waals surface area contributed by atoms with E-state index in [1.165, 1.54) is 12.1 Å². The molecule has 0 bridgehead atoms. The Balaban J connectivity index is 2.72. The second-order valence-electron chi connectivity index (χ2n) is 5.38. The molecular formula is C16H24F3N. The van der Waals surface area contributed by atoms with Gasteiger partial charge in [0.2, 0.25) is 0 Å². The summed E-state index contributed by atoms with van der Waals surface area (Å²) in [5.74, 6) is 0.379. The number of hydrogen-bond donors (Lipinski definition) is 1. The maximum absolute atomic E-state index is 12.7. The molecule has 0 aromatic heterocycles. The summed E-state index contributed by atoms with van der Waals surface area (Å²) in [6.07, 6.45) is 0.480. The SMILES string of the molecule is CCCCC(CC)C(N)Cc1cccc(C(F)(F)F)c1. The normalized spacial score (nSPS) is 15.1. The van der Waals surface area contributed by atoms with Gasteiger partial charge in [-0.2, -0.15) is 13.2 Å². The van der Waals surface area contributed by atoms with Crippen LogP contribution in [0.3, 0.4) is 0 Å². The molecule has 0 aliphatic heterocycles. The molecule has 2 unspecified atom stereocenters. The van der Waals surface area contributed by atoms with Crippen LogP contribution in [0.25, 0.3) is 0 Å². The third-order valence-corrected chi connectivity index (χ3v) is 3.78. The van der Waals surface area contributed by atoms with Gasteiger partial charge in [-0.3, -0.25) is 0 Å². The molecule has 0 aliphatic rings. The summed E-state index contributed by atoms with van der Waals surface area (Å²) in [7, 11) is 0. The molecule has 114 valence electrons. The first-order chi connectivity index (χ1) is 9.38. The minimum absolute atomic E-state index is 0.0740.